The quantitative estimate of drug-likeness (QED) is 0.468. The zero-order chi connectivity index (χ0) is 9.14. The maximum Gasteiger partial charge on any atom is 0.190 e. The van der Waals surface area contributed by atoms with E-state index in [0.29, 0.717) is 5.96 Å². The smallest absolute Gasteiger partial charge is 0.190 e. The van der Waals surface area contributed by atoms with E-state index in [-0.39, 0.29) is 0 Å². The average molecular weight is 169 g/mol. The summed E-state index contributed by atoms with van der Waals surface area (Å²) in [6, 6.07) is 0. The summed E-state index contributed by atoms with van der Waals surface area (Å²) in [6.07, 6.45) is 1.26. The molecule has 0 aromatic heterocycles. The van der Waals surface area contributed by atoms with Crippen molar-refractivity contribution in [3.8, 4) is 0 Å². The van der Waals surface area contributed by atoms with Crippen molar-refractivity contribution in [2.75, 3.05) is 20.1 Å². The summed E-state index contributed by atoms with van der Waals surface area (Å²) < 4.78 is 0. The third kappa shape index (κ3) is 1.90. The Bertz CT molecular complexity index is 175. The second-order valence-electron chi connectivity index (χ2n) is 3.82. The Kier molecular flexibility index (Phi) is 2.95. The summed E-state index contributed by atoms with van der Waals surface area (Å²) in [7, 11) is 1.75. The Morgan fingerprint density at radius 2 is 2.25 bits per heavy atom. The van der Waals surface area contributed by atoms with E-state index in [4.69, 9.17) is 5.73 Å². The molecule has 0 spiro atoms. The standard InChI is InChI=1S/C9H19N3/c1-7(2)8-4-5-12(6-8)9(10)11-3/h7-8H,4-6H2,1-3H3,(H2,10,11). The molecule has 0 aromatic carbocycles. The summed E-state index contributed by atoms with van der Waals surface area (Å²) in [5.41, 5.74) is 5.72. The lowest BCUT2D eigenvalue weighted by atomic mass is 9.95. The molecule has 0 saturated carbocycles. The molecule has 70 valence electrons. The summed E-state index contributed by atoms with van der Waals surface area (Å²) in [5.74, 6) is 2.25. The Hall–Kier alpha value is -0.730. The third-order valence-corrected chi connectivity index (χ3v) is 2.72. The Morgan fingerprint density at radius 3 is 2.67 bits per heavy atom. The van der Waals surface area contributed by atoms with Crippen LogP contribution >= 0.6 is 0 Å². The van der Waals surface area contributed by atoms with Crippen molar-refractivity contribution in [2.45, 2.75) is 20.3 Å². The van der Waals surface area contributed by atoms with Gasteiger partial charge in [0.25, 0.3) is 0 Å². The van der Waals surface area contributed by atoms with Crippen LogP contribution in [0.5, 0.6) is 0 Å². The molecule has 3 nitrogen and oxygen atoms in total. The van der Waals surface area contributed by atoms with Gasteiger partial charge in [-0.05, 0) is 18.3 Å². The minimum Gasteiger partial charge on any atom is -0.370 e. The number of nitrogens with zero attached hydrogens (tertiary/aromatic N) is 2. The molecule has 1 rings (SSSR count). The van der Waals surface area contributed by atoms with E-state index in [9.17, 15) is 0 Å². The van der Waals surface area contributed by atoms with Gasteiger partial charge in [0.2, 0.25) is 0 Å². The van der Waals surface area contributed by atoms with Crippen molar-refractivity contribution in [3.63, 3.8) is 0 Å². The lowest BCUT2D eigenvalue weighted by Crippen LogP contribution is -2.35. The molecule has 0 aromatic rings. The van der Waals surface area contributed by atoms with E-state index < -0.39 is 0 Å². The van der Waals surface area contributed by atoms with Crippen LogP contribution in [0.2, 0.25) is 0 Å². The van der Waals surface area contributed by atoms with E-state index in [1.54, 1.807) is 7.05 Å². The Morgan fingerprint density at radius 1 is 1.58 bits per heavy atom. The van der Waals surface area contributed by atoms with Gasteiger partial charge in [0.15, 0.2) is 5.96 Å². The van der Waals surface area contributed by atoms with Gasteiger partial charge in [-0.1, -0.05) is 13.8 Å². The molecule has 1 unspecified atom stereocenters. The highest BCUT2D eigenvalue weighted by atomic mass is 15.3. The predicted molar refractivity (Wildman–Crippen MR) is 52.1 cm³/mol. The molecule has 12 heavy (non-hydrogen) atoms. The van der Waals surface area contributed by atoms with E-state index in [2.05, 4.69) is 23.7 Å². The van der Waals surface area contributed by atoms with E-state index in [1.807, 2.05) is 0 Å². The van der Waals surface area contributed by atoms with Crippen molar-refractivity contribution in [3.05, 3.63) is 0 Å². The number of hydrogen-bond acceptors (Lipinski definition) is 1. The highest BCUT2D eigenvalue weighted by Crippen LogP contribution is 2.22. The first-order valence-corrected chi connectivity index (χ1v) is 4.62. The number of rotatable bonds is 1. The molecule has 1 fully saturated rings. The second-order valence-corrected chi connectivity index (χ2v) is 3.82. The van der Waals surface area contributed by atoms with E-state index in [1.165, 1.54) is 6.42 Å². The minimum atomic E-state index is 0.693. The fourth-order valence-electron chi connectivity index (χ4n) is 1.68. The van der Waals surface area contributed by atoms with Crippen molar-refractivity contribution >= 4 is 5.96 Å². The molecule has 0 bridgehead atoms. The molecule has 0 radical (unpaired) electrons. The maximum atomic E-state index is 5.72. The number of nitrogens with two attached hydrogens (primary N) is 1. The van der Waals surface area contributed by atoms with Gasteiger partial charge in [0.1, 0.15) is 0 Å². The number of aliphatic imine (C=N–C) groups is 1. The lowest BCUT2D eigenvalue weighted by molar-refractivity contribution is 0.387. The summed E-state index contributed by atoms with van der Waals surface area (Å²) in [4.78, 5) is 6.16. The van der Waals surface area contributed by atoms with Gasteiger partial charge in [-0.3, -0.25) is 4.99 Å². The summed E-state index contributed by atoms with van der Waals surface area (Å²) in [6.45, 7) is 6.70. The van der Waals surface area contributed by atoms with Gasteiger partial charge in [-0.25, -0.2) is 0 Å². The van der Waals surface area contributed by atoms with Gasteiger partial charge in [0, 0.05) is 20.1 Å². The molecule has 3 heteroatoms. The molecule has 2 N–H and O–H groups in total. The van der Waals surface area contributed by atoms with Crippen molar-refractivity contribution < 1.29 is 0 Å². The number of likely N-dealkylation sites (tertiary alicyclic amines) is 1. The van der Waals surface area contributed by atoms with Crippen LogP contribution in [0.15, 0.2) is 4.99 Å². The Balaban J connectivity index is 2.46. The van der Waals surface area contributed by atoms with Gasteiger partial charge >= 0.3 is 0 Å². The van der Waals surface area contributed by atoms with Crippen LogP contribution in [-0.2, 0) is 0 Å². The van der Waals surface area contributed by atoms with Gasteiger partial charge in [-0.2, -0.15) is 0 Å². The first-order valence-electron chi connectivity index (χ1n) is 4.62. The molecular formula is C9H19N3. The van der Waals surface area contributed by atoms with Crippen LogP contribution in [0.1, 0.15) is 20.3 Å². The molecule has 0 aliphatic carbocycles. The zero-order valence-electron chi connectivity index (χ0n) is 8.25. The largest absolute Gasteiger partial charge is 0.370 e. The third-order valence-electron chi connectivity index (χ3n) is 2.72. The number of guanidine groups is 1. The highest BCUT2D eigenvalue weighted by Gasteiger charge is 2.25. The number of hydrogen-bond donors (Lipinski definition) is 1. The van der Waals surface area contributed by atoms with Gasteiger partial charge in [0.05, 0.1) is 0 Å². The molecule has 1 heterocycles. The zero-order valence-corrected chi connectivity index (χ0v) is 8.25. The van der Waals surface area contributed by atoms with Crippen LogP contribution < -0.4 is 5.73 Å². The predicted octanol–water partition coefficient (Wildman–Crippen LogP) is 0.909. The first-order chi connectivity index (χ1) is 5.65. The van der Waals surface area contributed by atoms with Gasteiger partial charge < -0.3 is 10.6 Å². The van der Waals surface area contributed by atoms with Crippen LogP contribution in [0.3, 0.4) is 0 Å². The minimum absolute atomic E-state index is 0.693. The average Bonchev–Trinajstić information content (AvgIpc) is 2.51. The fourth-order valence-corrected chi connectivity index (χ4v) is 1.68. The normalized spacial score (nSPS) is 25.5. The lowest BCUT2D eigenvalue weighted by Gasteiger charge is -2.18. The summed E-state index contributed by atoms with van der Waals surface area (Å²) in [5, 5.41) is 0. The molecular weight excluding hydrogens is 150 g/mol. The molecule has 1 aliphatic heterocycles. The second kappa shape index (κ2) is 3.78. The van der Waals surface area contributed by atoms with Crippen LogP contribution in [0.25, 0.3) is 0 Å². The van der Waals surface area contributed by atoms with E-state index >= 15 is 0 Å². The maximum absolute atomic E-state index is 5.72. The SMILES string of the molecule is CN=C(N)N1CCC(C(C)C)C1. The monoisotopic (exact) mass is 169 g/mol. The molecule has 0 amide bonds. The first kappa shape index (κ1) is 9.36. The molecule has 1 saturated heterocycles. The van der Waals surface area contributed by atoms with Crippen LogP contribution in [-0.4, -0.2) is 31.0 Å². The highest BCUT2D eigenvalue weighted by molar-refractivity contribution is 5.78. The Labute approximate surface area is 74.6 Å². The topological polar surface area (TPSA) is 41.6 Å². The van der Waals surface area contributed by atoms with Crippen LogP contribution in [0.4, 0.5) is 0 Å². The molecule has 1 atom stereocenters. The van der Waals surface area contributed by atoms with Crippen molar-refractivity contribution in [2.24, 2.45) is 22.6 Å². The van der Waals surface area contributed by atoms with Crippen molar-refractivity contribution in [1.82, 2.24) is 4.90 Å². The molecule has 1 aliphatic rings. The van der Waals surface area contributed by atoms with Crippen molar-refractivity contribution in [1.29, 1.82) is 0 Å². The summed E-state index contributed by atoms with van der Waals surface area (Å²) >= 11 is 0. The van der Waals surface area contributed by atoms with Gasteiger partial charge in [-0.15, -0.1) is 0 Å². The fraction of sp³-hybridized carbons (Fsp3) is 0.889. The van der Waals surface area contributed by atoms with Crippen LogP contribution in [0, 0.1) is 11.8 Å². The van der Waals surface area contributed by atoms with E-state index in [0.717, 1.165) is 24.9 Å².